The number of benzene rings is 1. The van der Waals surface area contributed by atoms with E-state index in [0.717, 1.165) is 30.1 Å². The van der Waals surface area contributed by atoms with E-state index in [0.29, 0.717) is 0 Å². The predicted molar refractivity (Wildman–Crippen MR) is 80.8 cm³/mol. The molecule has 1 aromatic rings. The van der Waals surface area contributed by atoms with Crippen molar-refractivity contribution in [3.63, 3.8) is 0 Å². The molecule has 4 atom stereocenters. The Bertz CT molecular complexity index is 426. The van der Waals surface area contributed by atoms with E-state index >= 15 is 0 Å². The van der Waals surface area contributed by atoms with Gasteiger partial charge in [-0.1, -0.05) is 24.1 Å². The molecule has 0 N–H and O–H groups in total. The maximum atomic E-state index is 5.82. The Labute approximate surface area is 122 Å². The molecule has 0 heterocycles. The van der Waals surface area contributed by atoms with Gasteiger partial charge >= 0.3 is 0 Å². The summed E-state index contributed by atoms with van der Waals surface area (Å²) in [4.78, 5) is 0. The van der Waals surface area contributed by atoms with Crippen LogP contribution in [-0.2, 0) is 4.74 Å². The van der Waals surface area contributed by atoms with Crippen LogP contribution in [0.5, 0.6) is 5.75 Å². The van der Waals surface area contributed by atoms with Gasteiger partial charge < -0.3 is 9.47 Å². The summed E-state index contributed by atoms with van der Waals surface area (Å²) < 4.78 is 11.6. The van der Waals surface area contributed by atoms with Crippen LogP contribution in [0.2, 0.25) is 0 Å². The van der Waals surface area contributed by atoms with Crippen LogP contribution in [0.15, 0.2) is 24.3 Å². The first-order valence-electron chi connectivity index (χ1n) is 8.05. The molecule has 0 aromatic heterocycles. The third-order valence-corrected chi connectivity index (χ3v) is 5.05. The molecule has 0 radical (unpaired) electrons. The highest BCUT2D eigenvalue weighted by atomic mass is 16.7. The molecule has 2 nitrogen and oxygen atoms in total. The van der Waals surface area contributed by atoms with Gasteiger partial charge in [0.15, 0.2) is 6.29 Å². The van der Waals surface area contributed by atoms with Gasteiger partial charge in [-0.2, -0.15) is 0 Å². The van der Waals surface area contributed by atoms with Crippen molar-refractivity contribution in [2.45, 2.75) is 52.2 Å². The number of fused-ring (bicyclic) bond motifs is 2. The molecule has 2 heteroatoms. The Balaban J connectivity index is 1.37. The molecule has 4 unspecified atom stereocenters. The normalized spacial score (nSPS) is 29.6. The molecule has 2 saturated carbocycles. The molecule has 3 rings (SSSR count). The Hall–Kier alpha value is -1.02. The lowest BCUT2D eigenvalue weighted by atomic mass is 9.87. The summed E-state index contributed by atoms with van der Waals surface area (Å²) in [6.45, 7) is 4.90. The van der Waals surface area contributed by atoms with Crippen LogP contribution >= 0.6 is 0 Å². The van der Waals surface area contributed by atoms with Gasteiger partial charge in [0.1, 0.15) is 5.75 Å². The van der Waals surface area contributed by atoms with Gasteiger partial charge in [0.25, 0.3) is 0 Å². The van der Waals surface area contributed by atoms with Crippen LogP contribution in [0, 0.1) is 24.7 Å². The van der Waals surface area contributed by atoms with E-state index in [1.807, 2.05) is 19.1 Å². The topological polar surface area (TPSA) is 18.5 Å². The summed E-state index contributed by atoms with van der Waals surface area (Å²) in [5, 5.41) is 0. The summed E-state index contributed by atoms with van der Waals surface area (Å²) in [5.74, 6) is 3.84. The van der Waals surface area contributed by atoms with Crippen molar-refractivity contribution in [3.05, 3.63) is 29.8 Å². The van der Waals surface area contributed by atoms with E-state index in [1.54, 1.807) is 0 Å². The summed E-state index contributed by atoms with van der Waals surface area (Å²) in [7, 11) is 0. The second-order valence-corrected chi connectivity index (χ2v) is 6.59. The second-order valence-electron chi connectivity index (χ2n) is 6.59. The van der Waals surface area contributed by atoms with Gasteiger partial charge in [0, 0.05) is 0 Å². The third-order valence-electron chi connectivity index (χ3n) is 5.05. The predicted octanol–water partition coefficient (Wildman–Crippen LogP) is 4.56. The maximum Gasteiger partial charge on any atom is 0.196 e. The summed E-state index contributed by atoms with van der Waals surface area (Å²) in [5.41, 5.74) is 1.25. The van der Waals surface area contributed by atoms with E-state index in [-0.39, 0.29) is 6.29 Å². The molecule has 0 saturated heterocycles. The van der Waals surface area contributed by atoms with Crippen molar-refractivity contribution in [3.8, 4) is 5.75 Å². The average molecular weight is 274 g/mol. The number of ether oxygens (including phenoxy) is 2. The van der Waals surface area contributed by atoms with Crippen LogP contribution in [0.3, 0.4) is 0 Å². The number of hydrogen-bond acceptors (Lipinski definition) is 2. The van der Waals surface area contributed by atoms with Crippen LogP contribution < -0.4 is 4.74 Å². The SMILES string of the molecule is Cc1ccc(OC(C)OCCC2CC3CCC2C3)cc1. The first-order valence-corrected chi connectivity index (χ1v) is 8.05. The molecule has 110 valence electrons. The van der Waals surface area contributed by atoms with Crippen molar-refractivity contribution in [1.82, 2.24) is 0 Å². The molecule has 2 fully saturated rings. The Morgan fingerprint density at radius 3 is 2.60 bits per heavy atom. The number of rotatable bonds is 6. The Morgan fingerprint density at radius 2 is 1.95 bits per heavy atom. The monoisotopic (exact) mass is 274 g/mol. The van der Waals surface area contributed by atoms with Gasteiger partial charge in [-0.25, -0.2) is 0 Å². The summed E-state index contributed by atoms with van der Waals surface area (Å²) in [6.07, 6.45) is 6.93. The zero-order valence-electron chi connectivity index (χ0n) is 12.7. The fraction of sp³-hybridized carbons (Fsp3) is 0.667. The zero-order chi connectivity index (χ0) is 13.9. The first-order chi connectivity index (χ1) is 9.70. The second kappa shape index (κ2) is 6.17. The Morgan fingerprint density at radius 1 is 1.15 bits per heavy atom. The average Bonchev–Trinajstić information content (AvgIpc) is 3.04. The fourth-order valence-electron chi connectivity index (χ4n) is 3.96. The molecule has 1 aromatic carbocycles. The third kappa shape index (κ3) is 3.35. The lowest BCUT2D eigenvalue weighted by Gasteiger charge is -2.22. The first kappa shape index (κ1) is 13.9. The van der Waals surface area contributed by atoms with Gasteiger partial charge in [0.05, 0.1) is 6.61 Å². The Kier molecular flexibility index (Phi) is 4.30. The summed E-state index contributed by atoms with van der Waals surface area (Å²) >= 11 is 0. The highest BCUT2D eigenvalue weighted by molar-refractivity contribution is 5.26. The van der Waals surface area contributed by atoms with Crippen LogP contribution in [0.25, 0.3) is 0 Å². The lowest BCUT2D eigenvalue weighted by Crippen LogP contribution is -2.20. The molecular formula is C18H26O2. The van der Waals surface area contributed by atoms with Crippen LogP contribution in [0.4, 0.5) is 0 Å². The van der Waals surface area contributed by atoms with Crippen molar-refractivity contribution in [2.24, 2.45) is 17.8 Å². The highest BCUT2D eigenvalue weighted by Crippen LogP contribution is 2.49. The molecular weight excluding hydrogens is 248 g/mol. The van der Waals surface area contributed by atoms with Gasteiger partial charge in [-0.15, -0.1) is 0 Å². The molecule has 2 bridgehead atoms. The minimum Gasteiger partial charge on any atom is -0.465 e. The van der Waals surface area contributed by atoms with Crippen molar-refractivity contribution >= 4 is 0 Å². The van der Waals surface area contributed by atoms with Gasteiger partial charge in [-0.3, -0.25) is 0 Å². The van der Waals surface area contributed by atoms with Gasteiger partial charge in [0.2, 0.25) is 0 Å². The lowest BCUT2D eigenvalue weighted by molar-refractivity contribution is -0.0716. The quantitative estimate of drug-likeness (QED) is 0.708. The minimum absolute atomic E-state index is 0.156. The molecule has 2 aliphatic rings. The maximum absolute atomic E-state index is 5.82. The minimum atomic E-state index is -0.156. The molecule has 0 spiro atoms. The zero-order valence-corrected chi connectivity index (χ0v) is 12.7. The van der Waals surface area contributed by atoms with E-state index in [4.69, 9.17) is 9.47 Å². The molecule has 0 aliphatic heterocycles. The van der Waals surface area contributed by atoms with E-state index in [1.165, 1.54) is 37.7 Å². The van der Waals surface area contributed by atoms with E-state index in [9.17, 15) is 0 Å². The molecule has 2 aliphatic carbocycles. The largest absolute Gasteiger partial charge is 0.465 e. The van der Waals surface area contributed by atoms with E-state index in [2.05, 4.69) is 19.1 Å². The highest BCUT2D eigenvalue weighted by Gasteiger charge is 2.38. The van der Waals surface area contributed by atoms with Crippen molar-refractivity contribution in [1.29, 1.82) is 0 Å². The van der Waals surface area contributed by atoms with E-state index < -0.39 is 0 Å². The number of hydrogen-bond donors (Lipinski definition) is 0. The van der Waals surface area contributed by atoms with Gasteiger partial charge in [-0.05, 0) is 69.4 Å². The summed E-state index contributed by atoms with van der Waals surface area (Å²) in [6, 6.07) is 8.14. The standard InChI is InChI=1S/C18H26O2/c1-13-3-7-18(8-4-13)20-14(2)19-10-9-17-12-15-5-6-16(17)11-15/h3-4,7-8,14-17H,5-6,9-12H2,1-2H3. The van der Waals surface area contributed by atoms with Crippen LogP contribution in [-0.4, -0.2) is 12.9 Å². The van der Waals surface area contributed by atoms with Crippen molar-refractivity contribution < 1.29 is 9.47 Å². The van der Waals surface area contributed by atoms with Crippen molar-refractivity contribution in [2.75, 3.05) is 6.61 Å². The molecule has 0 amide bonds. The number of aryl methyl sites for hydroxylation is 1. The molecule has 20 heavy (non-hydrogen) atoms. The van der Waals surface area contributed by atoms with Crippen LogP contribution in [0.1, 0.15) is 44.6 Å². The smallest absolute Gasteiger partial charge is 0.196 e. The fourth-order valence-corrected chi connectivity index (χ4v) is 3.96.